The zero-order chi connectivity index (χ0) is 21.4. The molecule has 0 spiro atoms. The molecule has 2 amide bonds. The summed E-state index contributed by atoms with van der Waals surface area (Å²) in [6.45, 7) is 1.18. The molecule has 3 aromatic rings. The number of fused-ring (bicyclic) bond motifs is 2. The number of rotatable bonds is 4. The molecule has 8 nitrogen and oxygen atoms in total. The normalized spacial score (nSPS) is 17.3. The summed E-state index contributed by atoms with van der Waals surface area (Å²) >= 11 is 1.56. The summed E-state index contributed by atoms with van der Waals surface area (Å²) in [6.07, 6.45) is 3.36. The third-order valence-corrected chi connectivity index (χ3v) is 6.48. The Bertz CT molecular complexity index is 1190. The summed E-state index contributed by atoms with van der Waals surface area (Å²) in [7, 11) is 1.73. The second-order valence-electron chi connectivity index (χ2n) is 7.47. The first-order valence-corrected chi connectivity index (χ1v) is 10.9. The molecule has 5 rings (SSSR count). The van der Waals surface area contributed by atoms with Crippen molar-refractivity contribution in [1.29, 1.82) is 0 Å². The van der Waals surface area contributed by atoms with Crippen molar-refractivity contribution in [2.24, 2.45) is 4.99 Å². The fraction of sp³-hybridized carbons (Fsp3) is 0.227. The second-order valence-corrected chi connectivity index (χ2v) is 8.54. The predicted molar refractivity (Wildman–Crippen MR) is 119 cm³/mol. The van der Waals surface area contributed by atoms with E-state index < -0.39 is 11.9 Å². The summed E-state index contributed by atoms with van der Waals surface area (Å²) in [5.74, 6) is -0.141. The SMILES string of the molecule is CN1C(=O)[C@@H](NC(=O)c2ncn(Cc3ccccc3)n2)CSc2cc3c(cc21)C=NC3. The highest BCUT2D eigenvalue weighted by Crippen LogP contribution is 2.37. The monoisotopic (exact) mass is 432 g/mol. The molecule has 156 valence electrons. The minimum atomic E-state index is -0.667. The van der Waals surface area contributed by atoms with Crippen molar-refractivity contribution in [3.63, 3.8) is 0 Å². The predicted octanol–water partition coefficient (Wildman–Crippen LogP) is 2.13. The van der Waals surface area contributed by atoms with E-state index >= 15 is 0 Å². The Kier molecular flexibility index (Phi) is 5.03. The van der Waals surface area contributed by atoms with Gasteiger partial charge in [-0.3, -0.25) is 14.6 Å². The summed E-state index contributed by atoms with van der Waals surface area (Å²) in [5.41, 5.74) is 4.09. The highest BCUT2D eigenvalue weighted by molar-refractivity contribution is 7.99. The van der Waals surface area contributed by atoms with E-state index in [9.17, 15) is 9.59 Å². The molecule has 0 fully saturated rings. The Morgan fingerprint density at radius 3 is 2.94 bits per heavy atom. The number of nitrogens with zero attached hydrogens (tertiary/aromatic N) is 5. The van der Waals surface area contributed by atoms with Gasteiger partial charge in [-0.25, -0.2) is 9.67 Å². The molecule has 1 aromatic heterocycles. The molecule has 0 aliphatic carbocycles. The summed E-state index contributed by atoms with van der Waals surface area (Å²) in [4.78, 5) is 36.8. The average molecular weight is 433 g/mol. The number of carbonyl (C=O) groups excluding carboxylic acids is 2. The maximum atomic E-state index is 13.0. The van der Waals surface area contributed by atoms with Crippen molar-refractivity contribution in [3.05, 3.63) is 71.3 Å². The van der Waals surface area contributed by atoms with Crippen LogP contribution >= 0.6 is 11.8 Å². The first-order chi connectivity index (χ1) is 15.1. The van der Waals surface area contributed by atoms with Crippen molar-refractivity contribution in [1.82, 2.24) is 20.1 Å². The zero-order valence-electron chi connectivity index (χ0n) is 16.9. The Morgan fingerprint density at radius 2 is 2.10 bits per heavy atom. The number of hydrogen-bond donors (Lipinski definition) is 1. The van der Waals surface area contributed by atoms with Gasteiger partial charge in [-0.2, -0.15) is 0 Å². The van der Waals surface area contributed by atoms with Gasteiger partial charge in [0.2, 0.25) is 11.7 Å². The number of amides is 2. The standard InChI is InChI=1S/C22H20N6O2S/c1-27-18-7-15-9-23-10-16(15)8-19(18)31-12-17(22(27)30)25-21(29)20-24-13-28(26-20)11-14-5-3-2-4-6-14/h2-9,13,17H,10-12H2,1H3,(H,25,29)/t17-/m0/s1. The number of thioether (sulfide) groups is 1. The fourth-order valence-corrected chi connectivity index (χ4v) is 4.81. The van der Waals surface area contributed by atoms with Gasteiger partial charge < -0.3 is 10.2 Å². The van der Waals surface area contributed by atoms with Gasteiger partial charge in [0.15, 0.2) is 0 Å². The van der Waals surface area contributed by atoms with Crippen molar-refractivity contribution in [2.75, 3.05) is 17.7 Å². The van der Waals surface area contributed by atoms with E-state index in [0.717, 1.165) is 27.3 Å². The van der Waals surface area contributed by atoms with E-state index in [2.05, 4.69) is 26.5 Å². The van der Waals surface area contributed by atoms with Crippen LogP contribution in [0.25, 0.3) is 0 Å². The molecular formula is C22H20N6O2S. The van der Waals surface area contributed by atoms with E-state index in [1.54, 1.807) is 28.4 Å². The number of nitrogens with one attached hydrogen (secondary N) is 1. The first kappa shape index (κ1) is 19.5. The zero-order valence-corrected chi connectivity index (χ0v) is 17.7. The molecule has 0 saturated heterocycles. The molecule has 2 aliphatic rings. The molecule has 0 saturated carbocycles. The molecule has 3 heterocycles. The summed E-state index contributed by atoms with van der Waals surface area (Å²) < 4.78 is 1.61. The summed E-state index contributed by atoms with van der Waals surface area (Å²) in [5, 5.41) is 7.08. The van der Waals surface area contributed by atoms with Crippen molar-refractivity contribution in [3.8, 4) is 0 Å². The van der Waals surface area contributed by atoms with Crippen LogP contribution < -0.4 is 10.2 Å². The quantitative estimate of drug-likeness (QED) is 0.682. The number of likely N-dealkylation sites (N-methyl/N-ethyl adjacent to an activating group) is 1. The van der Waals surface area contributed by atoms with Gasteiger partial charge in [0, 0.05) is 23.9 Å². The van der Waals surface area contributed by atoms with Crippen molar-refractivity contribution < 1.29 is 9.59 Å². The van der Waals surface area contributed by atoms with E-state index in [1.807, 2.05) is 42.6 Å². The number of carbonyl (C=O) groups is 2. The van der Waals surface area contributed by atoms with Gasteiger partial charge in [0.05, 0.1) is 18.8 Å². The largest absolute Gasteiger partial charge is 0.337 e. The lowest BCUT2D eigenvalue weighted by Gasteiger charge is -2.21. The van der Waals surface area contributed by atoms with Gasteiger partial charge >= 0.3 is 0 Å². The molecule has 31 heavy (non-hydrogen) atoms. The lowest BCUT2D eigenvalue weighted by molar-refractivity contribution is -0.119. The third kappa shape index (κ3) is 3.84. The van der Waals surface area contributed by atoms with Gasteiger partial charge in [-0.15, -0.1) is 16.9 Å². The molecule has 2 aliphatic heterocycles. The van der Waals surface area contributed by atoms with E-state index in [-0.39, 0.29) is 11.7 Å². The number of aromatic nitrogens is 3. The lowest BCUT2D eigenvalue weighted by atomic mass is 10.1. The molecule has 0 unspecified atom stereocenters. The molecule has 0 radical (unpaired) electrons. The van der Waals surface area contributed by atoms with E-state index in [1.165, 1.54) is 6.33 Å². The van der Waals surface area contributed by atoms with Crippen LogP contribution in [0, 0.1) is 0 Å². The minimum absolute atomic E-state index is 0.0494. The number of aliphatic imine (C=N–C) groups is 1. The van der Waals surface area contributed by atoms with Crippen LogP contribution in [0.5, 0.6) is 0 Å². The summed E-state index contributed by atoms with van der Waals surface area (Å²) in [6, 6.07) is 13.2. The van der Waals surface area contributed by atoms with Crippen LogP contribution in [-0.2, 0) is 17.9 Å². The Hall–Kier alpha value is -3.46. The van der Waals surface area contributed by atoms with E-state index in [0.29, 0.717) is 18.8 Å². The Balaban J connectivity index is 1.30. The molecule has 1 atom stereocenters. The van der Waals surface area contributed by atoms with Crippen LogP contribution in [0.2, 0.25) is 0 Å². The Labute approximate surface area is 183 Å². The minimum Gasteiger partial charge on any atom is -0.337 e. The van der Waals surface area contributed by atoms with Crippen molar-refractivity contribution in [2.45, 2.75) is 24.0 Å². The molecule has 9 heteroatoms. The number of benzene rings is 2. The van der Waals surface area contributed by atoms with Crippen LogP contribution in [0.15, 0.2) is 58.7 Å². The lowest BCUT2D eigenvalue weighted by Crippen LogP contribution is -2.48. The van der Waals surface area contributed by atoms with E-state index in [4.69, 9.17) is 0 Å². The van der Waals surface area contributed by atoms with Gasteiger partial charge in [0.25, 0.3) is 5.91 Å². The van der Waals surface area contributed by atoms with Gasteiger partial charge in [-0.05, 0) is 28.8 Å². The highest BCUT2D eigenvalue weighted by atomic mass is 32.2. The third-order valence-electron chi connectivity index (χ3n) is 5.34. The first-order valence-electron chi connectivity index (χ1n) is 9.90. The van der Waals surface area contributed by atoms with Gasteiger partial charge in [-0.1, -0.05) is 30.3 Å². The number of hydrogen-bond acceptors (Lipinski definition) is 6. The Morgan fingerprint density at radius 1 is 1.26 bits per heavy atom. The van der Waals surface area contributed by atoms with Crippen LogP contribution in [0.3, 0.4) is 0 Å². The topological polar surface area (TPSA) is 92.5 Å². The highest BCUT2D eigenvalue weighted by Gasteiger charge is 2.31. The smallest absolute Gasteiger partial charge is 0.291 e. The fourth-order valence-electron chi connectivity index (χ4n) is 3.67. The maximum Gasteiger partial charge on any atom is 0.291 e. The second kappa shape index (κ2) is 7.99. The number of anilines is 1. The molecule has 1 N–H and O–H groups in total. The maximum absolute atomic E-state index is 13.0. The molecule has 0 bridgehead atoms. The molecular weight excluding hydrogens is 412 g/mol. The van der Waals surface area contributed by atoms with Crippen LogP contribution in [-0.4, -0.2) is 51.6 Å². The van der Waals surface area contributed by atoms with Crippen LogP contribution in [0.1, 0.15) is 27.3 Å². The van der Waals surface area contributed by atoms with Gasteiger partial charge in [0.1, 0.15) is 12.4 Å². The molecule has 2 aromatic carbocycles. The average Bonchev–Trinajstić information content (AvgIpc) is 3.42. The van der Waals surface area contributed by atoms with Crippen LogP contribution in [0.4, 0.5) is 5.69 Å². The van der Waals surface area contributed by atoms with Crippen molar-refractivity contribution >= 4 is 35.5 Å².